The van der Waals surface area contributed by atoms with Gasteiger partial charge in [-0.15, -0.1) is 0 Å². The van der Waals surface area contributed by atoms with Crippen molar-refractivity contribution in [3.63, 3.8) is 0 Å². The van der Waals surface area contributed by atoms with Crippen molar-refractivity contribution in [3.05, 3.63) is 28.2 Å². The minimum Gasteiger partial charge on any atom is -0.334 e. The topological polar surface area (TPSA) is 75.3 Å². The molecule has 1 atom stereocenters. The average molecular weight is 347 g/mol. The number of benzene rings is 1. The summed E-state index contributed by atoms with van der Waals surface area (Å²) in [5.74, 6) is 0.172. The van der Waals surface area contributed by atoms with Crippen LogP contribution >= 0.6 is 15.9 Å². The highest BCUT2D eigenvalue weighted by Gasteiger charge is 2.28. The maximum Gasteiger partial charge on any atom is 0.319 e. The lowest BCUT2D eigenvalue weighted by molar-refractivity contribution is 0.249. The molecule has 1 aliphatic heterocycles. The van der Waals surface area contributed by atoms with Gasteiger partial charge in [-0.1, -0.05) is 22.0 Å². The highest BCUT2D eigenvalue weighted by atomic mass is 79.9. The van der Waals surface area contributed by atoms with Crippen LogP contribution in [0.2, 0.25) is 0 Å². The first-order valence-electron chi connectivity index (χ1n) is 5.90. The van der Waals surface area contributed by atoms with E-state index in [-0.39, 0.29) is 23.6 Å². The van der Waals surface area contributed by atoms with E-state index in [0.717, 1.165) is 10.0 Å². The lowest BCUT2D eigenvalue weighted by atomic mass is 10.2. The van der Waals surface area contributed by atoms with Crippen LogP contribution in [0.25, 0.3) is 0 Å². The van der Waals surface area contributed by atoms with Crippen molar-refractivity contribution < 1.29 is 13.2 Å². The molecule has 0 aromatic heterocycles. The molecular weight excluding hydrogens is 332 g/mol. The summed E-state index contributed by atoms with van der Waals surface area (Å²) in [5, 5.41) is 5.42. The zero-order chi connectivity index (χ0) is 14.0. The number of carbonyl (C=O) groups excluding carboxylic acids is 1. The molecule has 1 fully saturated rings. The highest BCUT2D eigenvalue weighted by Crippen LogP contribution is 2.23. The lowest BCUT2D eigenvalue weighted by Crippen LogP contribution is -2.38. The molecule has 19 heavy (non-hydrogen) atoms. The molecule has 7 heteroatoms. The number of sulfone groups is 1. The van der Waals surface area contributed by atoms with Crippen molar-refractivity contribution in [2.45, 2.75) is 19.4 Å². The molecule has 1 aromatic rings. The standard InChI is InChI=1S/C12H15BrN2O3S/c1-8-10(13)3-2-4-11(8)15-12(16)14-9-5-6-19(17,18)7-9/h2-4,9H,5-7H2,1H3,(H2,14,15,16)/t9-/m1/s1. The van der Waals surface area contributed by atoms with Gasteiger partial charge in [0.1, 0.15) is 0 Å². The molecule has 1 heterocycles. The third-order valence-electron chi connectivity index (χ3n) is 3.08. The van der Waals surface area contributed by atoms with Crippen molar-refractivity contribution in [3.8, 4) is 0 Å². The normalized spacial score (nSPS) is 21.1. The van der Waals surface area contributed by atoms with E-state index in [4.69, 9.17) is 0 Å². The van der Waals surface area contributed by atoms with Gasteiger partial charge in [-0.3, -0.25) is 0 Å². The molecule has 2 amide bonds. The minimum absolute atomic E-state index is 0.0257. The van der Waals surface area contributed by atoms with Gasteiger partial charge in [0.05, 0.1) is 11.5 Å². The Kier molecular flexibility index (Phi) is 4.15. The molecule has 0 aliphatic carbocycles. The number of amides is 2. The van der Waals surface area contributed by atoms with Gasteiger partial charge in [-0.25, -0.2) is 13.2 Å². The van der Waals surface area contributed by atoms with E-state index in [1.165, 1.54) is 0 Å². The van der Waals surface area contributed by atoms with Crippen LogP contribution in [0.4, 0.5) is 10.5 Å². The number of nitrogens with one attached hydrogen (secondary N) is 2. The molecule has 1 aliphatic rings. The summed E-state index contributed by atoms with van der Waals surface area (Å²) in [4.78, 5) is 11.8. The molecule has 2 rings (SSSR count). The second-order valence-electron chi connectivity index (χ2n) is 4.61. The maximum absolute atomic E-state index is 11.8. The molecule has 0 spiro atoms. The van der Waals surface area contributed by atoms with E-state index in [1.54, 1.807) is 6.07 Å². The summed E-state index contributed by atoms with van der Waals surface area (Å²) in [6.45, 7) is 1.89. The van der Waals surface area contributed by atoms with Gasteiger partial charge in [-0.05, 0) is 31.0 Å². The molecular formula is C12H15BrN2O3S. The van der Waals surface area contributed by atoms with Crippen molar-refractivity contribution >= 4 is 37.5 Å². The van der Waals surface area contributed by atoms with Crippen LogP contribution in [0.3, 0.4) is 0 Å². The van der Waals surface area contributed by atoms with Crippen LogP contribution < -0.4 is 10.6 Å². The van der Waals surface area contributed by atoms with E-state index in [1.807, 2.05) is 19.1 Å². The Balaban J connectivity index is 1.97. The number of halogens is 1. The quantitative estimate of drug-likeness (QED) is 0.860. The monoisotopic (exact) mass is 346 g/mol. The second-order valence-corrected chi connectivity index (χ2v) is 7.69. The fourth-order valence-corrected chi connectivity index (χ4v) is 4.04. The lowest BCUT2D eigenvalue weighted by Gasteiger charge is -2.14. The SMILES string of the molecule is Cc1c(Br)cccc1NC(=O)N[C@@H]1CCS(=O)(=O)C1. The Morgan fingerprint density at radius 2 is 2.16 bits per heavy atom. The Labute approximate surface area is 120 Å². The van der Waals surface area contributed by atoms with Crippen LogP contribution in [0.5, 0.6) is 0 Å². The summed E-state index contributed by atoms with van der Waals surface area (Å²) < 4.78 is 23.5. The highest BCUT2D eigenvalue weighted by molar-refractivity contribution is 9.10. The first kappa shape index (κ1) is 14.3. The van der Waals surface area contributed by atoms with Gasteiger partial charge in [0, 0.05) is 16.2 Å². The van der Waals surface area contributed by atoms with Crippen molar-refractivity contribution in [1.82, 2.24) is 5.32 Å². The molecule has 0 saturated carbocycles. The first-order chi connectivity index (χ1) is 8.87. The molecule has 0 unspecified atom stereocenters. The second kappa shape index (κ2) is 5.50. The molecule has 0 radical (unpaired) electrons. The number of rotatable bonds is 2. The maximum atomic E-state index is 11.8. The number of carbonyl (C=O) groups is 1. The fourth-order valence-electron chi connectivity index (χ4n) is 2.00. The van der Waals surface area contributed by atoms with Crippen LogP contribution in [-0.2, 0) is 9.84 Å². The molecule has 1 aromatic carbocycles. The minimum atomic E-state index is -2.98. The molecule has 0 bridgehead atoms. The first-order valence-corrected chi connectivity index (χ1v) is 8.52. The van der Waals surface area contributed by atoms with Gasteiger partial charge in [-0.2, -0.15) is 0 Å². The van der Waals surface area contributed by atoms with Crippen LogP contribution in [0.1, 0.15) is 12.0 Å². The number of urea groups is 1. The Bertz CT molecular complexity index is 601. The van der Waals surface area contributed by atoms with Gasteiger partial charge < -0.3 is 10.6 Å². The van der Waals surface area contributed by atoms with E-state index in [0.29, 0.717) is 12.1 Å². The summed E-state index contributed by atoms with van der Waals surface area (Å²) in [6.07, 6.45) is 0.479. The summed E-state index contributed by atoms with van der Waals surface area (Å²) in [6, 6.07) is 4.85. The zero-order valence-electron chi connectivity index (χ0n) is 10.4. The van der Waals surface area contributed by atoms with Gasteiger partial charge in [0.2, 0.25) is 0 Å². The third kappa shape index (κ3) is 3.70. The van der Waals surface area contributed by atoms with Crippen LogP contribution in [0, 0.1) is 6.92 Å². The fraction of sp³-hybridized carbons (Fsp3) is 0.417. The Hall–Kier alpha value is -1.08. The summed E-state index contributed by atoms with van der Waals surface area (Å²) >= 11 is 3.39. The molecule has 104 valence electrons. The Morgan fingerprint density at radius 3 is 2.79 bits per heavy atom. The van der Waals surface area contributed by atoms with Crippen LogP contribution in [0.15, 0.2) is 22.7 Å². The Morgan fingerprint density at radius 1 is 1.42 bits per heavy atom. The molecule has 1 saturated heterocycles. The molecule has 2 N–H and O–H groups in total. The molecule has 5 nitrogen and oxygen atoms in total. The zero-order valence-corrected chi connectivity index (χ0v) is 12.8. The van der Waals surface area contributed by atoms with E-state index in [2.05, 4.69) is 26.6 Å². The third-order valence-corrected chi connectivity index (χ3v) is 5.71. The van der Waals surface area contributed by atoms with E-state index >= 15 is 0 Å². The van der Waals surface area contributed by atoms with Crippen LogP contribution in [-0.4, -0.2) is 32.0 Å². The largest absolute Gasteiger partial charge is 0.334 e. The number of hydrogen-bond donors (Lipinski definition) is 2. The van der Waals surface area contributed by atoms with Gasteiger partial charge >= 0.3 is 6.03 Å². The van der Waals surface area contributed by atoms with E-state index < -0.39 is 9.84 Å². The summed E-state index contributed by atoms with van der Waals surface area (Å²) in [5.41, 5.74) is 1.63. The van der Waals surface area contributed by atoms with E-state index in [9.17, 15) is 13.2 Å². The number of hydrogen-bond acceptors (Lipinski definition) is 3. The van der Waals surface area contributed by atoms with Crippen molar-refractivity contribution in [1.29, 1.82) is 0 Å². The summed E-state index contributed by atoms with van der Waals surface area (Å²) in [7, 11) is -2.98. The number of anilines is 1. The smallest absolute Gasteiger partial charge is 0.319 e. The van der Waals surface area contributed by atoms with Gasteiger partial charge in [0.25, 0.3) is 0 Å². The average Bonchev–Trinajstić information content (AvgIpc) is 2.64. The van der Waals surface area contributed by atoms with Gasteiger partial charge in [0.15, 0.2) is 9.84 Å². The predicted octanol–water partition coefficient (Wildman–Crippen LogP) is 2.07. The predicted molar refractivity (Wildman–Crippen MR) is 78.1 cm³/mol. The van der Waals surface area contributed by atoms with Crippen molar-refractivity contribution in [2.75, 3.05) is 16.8 Å². The van der Waals surface area contributed by atoms with Crippen molar-refractivity contribution in [2.24, 2.45) is 0 Å².